The van der Waals surface area contributed by atoms with Gasteiger partial charge in [-0.15, -0.1) is 0 Å². The number of aromatic nitrogens is 2. The number of hydrogen-bond donors (Lipinski definition) is 3. The number of para-hydroxylation sites is 1. The molecule has 0 bridgehead atoms. The average Bonchev–Trinajstić information content (AvgIpc) is 2.58. The molecule has 6 nitrogen and oxygen atoms in total. The third-order valence-electron chi connectivity index (χ3n) is 4.09. The Labute approximate surface area is 145 Å². The summed E-state index contributed by atoms with van der Waals surface area (Å²) in [7, 11) is 0. The van der Waals surface area contributed by atoms with E-state index in [9.17, 15) is 4.79 Å². The first kappa shape index (κ1) is 16.7. The first-order chi connectivity index (χ1) is 11.9. The lowest BCUT2D eigenvalue weighted by Gasteiger charge is -2.14. The molecule has 1 heterocycles. The van der Waals surface area contributed by atoms with Crippen molar-refractivity contribution < 1.29 is 9.90 Å². The van der Waals surface area contributed by atoms with Crippen molar-refractivity contribution in [3.8, 4) is 0 Å². The Morgan fingerprint density at radius 2 is 1.84 bits per heavy atom. The van der Waals surface area contributed by atoms with Crippen molar-refractivity contribution in [2.24, 2.45) is 0 Å². The zero-order chi connectivity index (χ0) is 18.0. The third kappa shape index (κ3) is 3.68. The minimum absolute atomic E-state index is 0.419. The zero-order valence-corrected chi connectivity index (χ0v) is 14.4. The minimum Gasteiger partial charge on any atom is -0.480 e. The Morgan fingerprint density at radius 1 is 1.08 bits per heavy atom. The normalized spacial score (nSPS) is 12.0. The summed E-state index contributed by atoms with van der Waals surface area (Å²) in [5.74, 6) is -0.0276. The number of carbonyl (C=O) groups is 1. The van der Waals surface area contributed by atoms with Crippen molar-refractivity contribution in [2.45, 2.75) is 26.8 Å². The molecule has 0 radical (unpaired) electrons. The van der Waals surface area contributed by atoms with Crippen molar-refractivity contribution in [1.82, 2.24) is 9.97 Å². The van der Waals surface area contributed by atoms with Crippen molar-refractivity contribution >= 4 is 34.3 Å². The molecule has 0 saturated carbocycles. The molecule has 3 aromatic rings. The van der Waals surface area contributed by atoms with Gasteiger partial charge in [-0.3, -0.25) is 4.79 Å². The molecule has 1 unspecified atom stereocenters. The van der Waals surface area contributed by atoms with Crippen molar-refractivity contribution in [1.29, 1.82) is 0 Å². The predicted octanol–water partition coefficient (Wildman–Crippen LogP) is 3.88. The first-order valence-corrected chi connectivity index (χ1v) is 8.04. The number of carboxylic acids is 1. The summed E-state index contributed by atoms with van der Waals surface area (Å²) in [4.78, 5) is 20.2. The van der Waals surface area contributed by atoms with Crippen LogP contribution in [0.3, 0.4) is 0 Å². The number of nitrogens with zero attached hydrogens (tertiary/aromatic N) is 2. The van der Waals surface area contributed by atoms with E-state index in [2.05, 4.69) is 27.5 Å². The molecule has 0 saturated heterocycles. The molecule has 6 heteroatoms. The largest absolute Gasteiger partial charge is 0.480 e. The second kappa shape index (κ2) is 6.76. The molecule has 1 aromatic heterocycles. The summed E-state index contributed by atoms with van der Waals surface area (Å²) in [5.41, 5.74) is 4.01. The van der Waals surface area contributed by atoms with Crippen LogP contribution in [0.25, 0.3) is 10.9 Å². The van der Waals surface area contributed by atoms with Gasteiger partial charge in [-0.2, -0.15) is 4.98 Å². The van der Waals surface area contributed by atoms with Crippen molar-refractivity contribution in [3.63, 3.8) is 0 Å². The Bertz CT molecular complexity index is 940. The highest BCUT2D eigenvalue weighted by molar-refractivity contribution is 5.92. The fourth-order valence-corrected chi connectivity index (χ4v) is 2.46. The molecule has 0 aliphatic heterocycles. The van der Waals surface area contributed by atoms with Crippen LogP contribution in [0.2, 0.25) is 0 Å². The Balaban J connectivity index is 2.00. The molecule has 0 fully saturated rings. The standard InChI is InChI=1S/C19H20N4O2/c1-11-8-9-14(10-12(11)2)21-19-22-16-7-5-4-6-15(16)17(23-19)20-13(3)18(24)25/h4-10,13H,1-3H3,(H,24,25)(H2,20,21,22,23). The van der Waals surface area contributed by atoms with E-state index >= 15 is 0 Å². The fourth-order valence-electron chi connectivity index (χ4n) is 2.46. The third-order valence-corrected chi connectivity index (χ3v) is 4.09. The number of aryl methyl sites for hydroxylation is 2. The maximum atomic E-state index is 11.2. The number of fused-ring (bicyclic) bond motifs is 1. The number of nitrogens with one attached hydrogen (secondary N) is 2. The predicted molar refractivity (Wildman–Crippen MR) is 99.5 cm³/mol. The number of hydrogen-bond acceptors (Lipinski definition) is 5. The van der Waals surface area contributed by atoms with E-state index in [4.69, 9.17) is 5.11 Å². The molecule has 3 N–H and O–H groups in total. The second-order valence-electron chi connectivity index (χ2n) is 6.04. The summed E-state index contributed by atoms with van der Waals surface area (Å²) in [6.45, 7) is 5.68. The number of benzene rings is 2. The van der Waals surface area contributed by atoms with Crippen LogP contribution < -0.4 is 10.6 Å². The summed E-state index contributed by atoms with van der Waals surface area (Å²) >= 11 is 0. The summed E-state index contributed by atoms with van der Waals surface area (Å²) in [5, 5.41) is 16.1. The molecule has 128 valence electrons. The van der Waals surface area contributed by atoms with Crippen LogP contribution in [-0.2, 0) is 4.79 Å². The average molecular weight is 336 g/mol. The van der Waals surface area contributed by atoms with Gasteiger partial charge in [0, 0.05) is 11.1 Å². The lowest BCUT2D eigenvalue weighted by atomic mass is 10.1. The lowest BCUT2D eigenvalue weighted by molar-refractivity contribution is -0.137. The number of carboxylic acid groups (broad SMARTS) is 1. The van der Waals surface area contributed by atoms with E-state index in [1.807, 2.05) is 49.4 Å². The molecule has 1 atom stereocenters. The number of rotatable bonds is 5. The minimum atomic E-state index is -0.939. The van der Waals surface area contributed by atoms with E-state index in [0.717, 1.165) is 16.6 Å². The monoisotopic (exact) mass is 336 g/mol. The van der Waals surface area contributed by atoms with Crippen LogP contribution in [0.4, 0.5) is 17.5 Å². The summed E-state index contributed by atoms with van der Waals surface area (Å²) in [6.07, 6.45) is 0. The van der Waals surface area contributed by atoms with Gasteiger partial charge in [0.05, 0.1) is 5.52 Å². The van der Waals surface area contributed by atoms with E-state index in [0.29, 0.717) is 11.8 Å². The number of anilines is 3. The zero-order valence-electron chi connectivity index (χ0n) is 14.4. The molecular formula is C19H20N4O2. The maximum absolute atomic E-state index is 11.2. The Morgan fingerprint density at radius 3 is 2.56 bits per heavy atom. The smallest absolute Gasteiger partial charge is 0.325 e. The maximum Gasteiger partial charge on any atom is 0.325 e. The van der Waals surface area contributed by atoms with Gasteiger partial charge < -0.3 is 15.7 Å². The Kier molecular flexibility index (Phi) is 4.52. The SMILES string of the molecule is Cc1ccc(Nc2nc(NC(C)C(=O)O)c3ccccc3n2)cc1C. The van der Waals surface area contributed by atoms with Crippen LogP contribution in [-0.4, -0.2) is 27.1 Å². The van der Waals surface area contributed by atoms with Gasteiger partial charge >= 0.3 is 5.97 Å². The highest BCUT2D eigenvalue weighted by Crippen LogP contribution is 2.24. The van der Waals surface area contributed by atoms with Crippen LogP contribution in [0.5, 0.6) is 0 Å². The van der Waals surface area contributed by atoms with Gasteiger partial charge in [-0.1, -0.05) is 18.2 Å². The highest BCUT2D eigenvalue weighted by atomic mass is 16.4. The van der Waals surface area contributed by atoms with Gasteiger partial charge in [0.2, 0.25) is 5.95 Å². The summed E-state index contributed by atoms with van der Waals surface area (Å²) in [6, 6.07) is 12.8. The molecule has 25 heavy (non-hydrogen) atoms. The van der Waals surface area contributed by atoms with Gasteiger partial charge in [0.25, 0.3) is 0 Å². The fraction of sp³-hybridized carbons (Fsp3) is 0.211. The van der Waals surface area contributed by atoms with E-state index in [-0.39, 0.29) is 0 Å². The van der Waals surface area contributed by atoms with Crippen LogP contribution in [0, 0.1) is 13.8 Å². The molecule has 0 aliphatic rings. The molecule has 0 aliphatic carbocycles. The van der Waals surface area contributed by atoms with Gasteiger partial charge in [0.15, 0.2) is 0 Å². The van der Waals surface area contributed by atoms with Crippen molar-refractivity contribution in [2.75, 3.05) is 10.6 Å². The number of aliphatic carboxylic acids is 1. The molecule has 3 rings (SSSR count). The van der Waals surface area contributed by atoms with Gasteiger partial charge in [-0.25, -0.2) is 4.98 Å². The lowest BCUT2D eigenvalue weighted by Crippen LogP contribution is -2.26. The summed E-state index contributed by atoms with van der Waals surface area (Å²) < 4.78 is 0. The van der Waals surface area contributed by atoms with E-state index in [1.165, 1.54) is 11.1 Å². The molecule has 0 spiro atoms. The van der Waals surface area contributed by atoms with Crippen LogP contribution >= 0.6 is 0 Å². The van der Waals surface area contributed by atoms with Crippen molar-refractivity contribution in [3.05, 3.63) is 53.6 Å². The molecule has 2 aromatic carbocycles. The van der Waals surface area contributed by atoms with Crippen LogP contribution in [0.1, 0.15) is 18.1 Å². The molecule has 0 amide bonds. The van der Waals surface area contributed by atoms with Gasteiger partial charge in [-0.05, 0) is 56.2 Å². The Hall–Kier alpha value is -3.15. The highest BCUT2D eigenvalue weighted by Gasteiger charge is 2.14. The van der Waals surface area contributed by atoms with E-state index < -0.39 is 12.0 Å². The van der Waals surface area contributed by atoms with E-state index in [1.54, 1.807) is 6.92 Å². The molecular weight excluding hydrogens is 316 g/mol. The van der Waals surface area contributed by atoms with Gasteiger partial charge in [0.1, 0.15) is 11.9 Å². The first-order valence-electron chi connectivity index (χ1n) is 8.04. The van der Waals surface area contributed by atoms with Crippen LogP contribution in [0.15, 0.2) is 42.5 Å². The second-order valence-corrected chi connectivity index (χ2v) is 6.04. The quantitative estimate of drug-likeness (QED) is 0.655. The topological polar surface area (TPSA) is 87.1 Å².